The Morgan fingerprint density at radius 2 is 2.21 bits per heavy atom. The average molecular weight is 343 g/mol. The highest BCUT2D eigenvalue weighted by molar-refractivity contribution is 7.99. The fraction of sp³-hybridized carbons (Fsp3) is 0.650. The molecule has 4 fully saturated rings. The molecule has 0 aromatic carbocycles. The van der Waals surface area contributed by atoms with Crippen LogP contribution in [-0.2, 0) is 9.53 Å². The fourth-order valence-electron chi connectivity index (χ4n) is 5.52. The molecule has 0 N–H and O–H groups in total. The number of nitrogens with zero attached hydrogens (tertiary/aromatic N) is 1. The SMILES string of the molecule is CC1=CC=C2[C@@](C3CCSC3)(C=C1)C(=O)O[C@]21CN2CCCC[C@H]21. The minimum absolute atomic E-state index is 0.0193. The van der Waals surface area contributed by atoms with Crippen molar-refractivity contribution in [2.45, 2.75) is 44.2 Å². The predicted molar refractivity (Wildman–Crippen MR) is 96.9 cm³/mol. The van der Waals surface area contributed by atoms with Crippen LogP contribution in [0.2, 0.25) is 0 Å². The Morgan fingerprint density at radius 1 is 1.29 bits per heavy atom. The van der Waals surface area contributed by atoms with Crippen LogP contribution in [0.3, 0.4) is 0 Å². The first-order valence-corrected chi connectivity index (χ1v) is 10.5. The van der Waals surface area contributed by atoms with Crippen molar-refractivity contribution in [3.8, 4) is 0 Å². The highest BCUT2D eigenvalue weighted by Gasteiger charge is 2.70. The van der Waals surface area contributed by atoms with Crippen LogP contribution in [0.25, 0.3) is 0 Å². The van der Waals surface area contributed by atoms with E-state index in [0.29, 0.717) is 12.0 Å². The number of piperidine rings is 1. The van der Waals surface area contributed by atoms with Crippen molar-refractivity contribution in [1.29, 1.82) is 0 Å². The standard InChI is InChI=1S/C20H25NO2S/c1-14-5-6-16-19(9-7-14,15-8-11-24-12-15)18(22)23-20(16)13-21-10-3-2-4-17(20)21/h5-7,9,15,17H,2-4,8,10-13H2,1H3/t15?,17-,19-,20+/m0/s1. The van der Waals surface area contributed by atoms with E-state index >= 15 is 0 Å². The van der Waals surface area contributed by atoms with Crippen LogP contribution in [0.1, 0.15) is 32.6 Å². The van der Waals surface area contributed by atoms with Gasteiger partial charge in [-0.1, -0.05) is 36.3 Å². The molecule has 4 heterocycles. The van der Waals surface area contributed by atoms with E-state index in [4.69, 9.17) is 4.74 Å². The van der Waals surface area contributed by atoms with E-state index in [1.165, 1.54) is 24.0 Å². The molecular weight excluding hydrogens is 318 g/mol. The topological polar surface area (TPSA) is 29.5 Å². The quantitative estimate of drug-likeness (QED) is 0.683. The number of allylic oxidation sites excluding steroid dienone is 4. The van der Waals surface area contributed by atoms with Crippen molar-refractivity contribution in [3.05, 3.63) is 35.5 Å². The average Bonchev–Trinajstić information content (AvgIpc) is 3.13. The second kappa shape index (κ2) is 5.25. The molecule has 0 saturated carbocycles. The highest BCUT2D eigenvalue weighted by atomic mass is 32.2. The van der Waals surface area contributed by atoms with Crippen molar-refractivity contribution >= 4 is 17.7 Å². The number of ether oxygens (including phenoxy) is 1. The molecule has 0 bridgehead atoms. The van der Waals surface area contributed by atoms with Crippen molar-refractivity contribution in [2.75, 3.05) is 24.6 Å². The Bertz CT molecular complexity index is 675. The van der Waals surface area contributed by atoms with Crippen LogP contribution in [0.5, 0.6) is 0 Å². The summed E-state index contributed by atoms with van der Waals surface area (Å²) in [4.78, 5) is 15.8. The molecule has 24 heavy (non-hydrogen) atoms. The second-order valence-electron chi connectivity index (χ2n) is 8.01. The van der Waals surface area contributed by atoms with Crippen LogP contribution in [0.15, 0.2) is 35.5 Å². The van der Waals surface area contributed by atoms with E-state index in [0.717, 1.165) is 37.4 Å². The Hall–Kier alpha value is -1.00. The molecule has 5 aliphatic rings. The third-order valence-electron chi connectivity index (χ3n) is 6.80. The van der Waals surface area contributed by atoms with Crippen molar-refractivity contribution in [2.24, 2.45) is 11.3 Å². The lowest BCUT2D eigenvalue weighted by Gasteiger charge is -2.57. The molecule has 4 saturated heterocycles. The molecule has 1 aliphatic carbocycles. The zero-order valence-electron chi connectivity index (χ0n) is 14.3. The number of hydrogen-bond donors (Lipinski definition) is 0. The van der Waals surface area contributed by atoms with E-state index in [2.05, 4.69) is 36.1 Å². The van der Waals surface area contributed by atoms with E-state index in [1.54, 1.807) is 0 Å². The lowest BCUT2D eigenvalue weighted by Crippen LogP contribution is -2.71. The Balaban J connectivity index is 1.63. The summed E-state index contributed by atoms with van der Waals surface area (Å²) in [5.41, 5.74) is 1.63. The Morgan fingerprint density at radius 3 is 3.00 bits per heavy atom. The largest absolute Gasteiger partial charge is 0.450 e. The summed E-state index contributed by atoms with van der Waals surface area (Å²) < 4.78 is 6.27. The molecule has 0 radical (unpaired) electrons. The molecule has 4 aliphatic heterocycles. The van der Waals surface area contributed by atoms with Gasteiger partial charge in [0.25, 0.3) is 0 Å². The number of thioether (sulfide) groups is 1. The van der Waals surface area contributed by atoms with E-state index in [-0.39, 0.29) is 11.6 Å². The first-order valence-electron chi connectivity index (χ1n) is 9.31. The van der Waals surface area contributed by atoms with Crippen LogP contribution in [-0.4, -0.2) is 47.1 Å². The van der Waals surface area contributed by atoms with Crippen molar-refractivity contribution in [3.63, 3.8) is 0 Å². The lowest BCUT2D eigenvalue weighted by molar-refractivity contribution is -0.181. The molecule has 5 rings (SSSR count). The number of rotatable bonds is 1. The molecule has 128 valence electrons. The maximum atomic E-state index is 13.3. The smallest absolute Gasteiger partial charge is 0.321 e. The molecule has 1 spiro atoms. The number of hydrogen-bond acceptors (Lipinski definition) is 4. The normalized spacial score (nSPS) is 44.3. The molecule has 3 nitrogen and oxygen atoms in total. The van der Waals surface area contributed by atoms with Gasteiger partial charge < -0.3 is 4.74 Å². The van der Waals surface area contributed by atoms with E-state index in [1.807, 2.05) is 11.8 Å². The minimum Gasteiger partial charge on any atom is -0.450 e. The molecule has 1 unspecified atom stereocenters. The fourth-order valence-corrected chi connectivity index (χ4v) is 6.85. The van der Waals surface area contributed by atoms with Crippen molar-refractivity contribution in [1.82, 2.24) is 4.90 Å². The third-order valence-corrected chi connectivity index (χ3v) is 7.96. The highest BCUT2D eigenvalue weighted by Crippen LogP contribution is 2.60. The Kier molecular flexibility index (Phi) is 3.34. The summed E-state index contributed by atoms with van der Waals surface area (Å²) in [5.74, 6) is 2.63. The van der Waals surface area contributed by atoms with Gasteiger partial charge in [-0.15, -0.1) is 0 Å². The second-order valence-corrected chi connectivity index (χ2v) is 9.16. The number of fused-ring (bicyclic) bond motifs is 4. The zero-order chi connectivity index (χ0) is 16.4. The van der Waals surface area contributed by atoms with Crippen LogP contribution in [0.4, 0.5) is 0 Å². The summed E-state index contributed by atoms with van der Waals surface area (Å²) in [6.45, 7) is 4.18. The Labute approximate surface area is 148 Å². The number of esters is 1. The summed E-state index contributed by atoms with van der Waals surface area (Å²) >= 11 is 1.98. The van der Waals surface area contributed by atoms with Gasteiger partial charge in [0.05, 0.1) is 6.04 Å². The van der Waals surface area contributed by atoms with Crippen molar-refractivity contribution < 1.29 is 9.53 Å². The summed E-state index contributed by atoms with van der Waals surface area (Å²) in [6, 6.07) is 0.401. The van der Waals surface area contributed by atoms with Gasteiger partial charge in [0, 0.05) is 6.54 Å². The summed E-state index contributed by atoms with van der Waals surface area (Å²) in [5, 5.41) is 0. The maximum Gasteiger partial charge on any atom is 0.321 e. The van der Waals surface area contributed by atoms with Gasteiger partial charge in [0.15, 0.2) is 5.60 Å². The van der Waals surface area contributed by atoms with Gasteiger partial charge in [-0.25, -0.2) is 0 Å². The molecule has 0 amide bonds. The zero-order valence-corrected chi connectivity index (χ0v) is 15.1. The molecule has 0 aromatic rings. The maximum absolute atomic E-state index is 13.3. The van der Waals surface area contributed by atoms with Gasteiger partial charge in [-0.2, -0.15) is 11.8 Å². The predicted octanol–water partition coefficient (Wildman–Crippen LogP) is 3.33. The van der Waals surface area contributed by atoms with Gasteiger partial charge in [0.1, 0.15) is 5.41 Å². The van der Waals surface area contributed by atoms with Gasteiger partial charge in [-0.05, 0) is 55.7 Å². The van der Waals surface area contributed by atoms with Crippen LogP contribution >= 0.6 is 11.8 Å². The third kappa shape index (κ3) is 1.82. The van der Waals surface area contributed by atoms with Crippen LogP contribution < -0.4 is 0 Å². The van der Waals surface area contributed by atoms with Gasteiger partial charge in [0.2, 0.25) is 0 Å². The van der Waals surface area contributed by atoms with Gasteiger partial charge >= 0.3 is 5.97 Å². The van der Waals surface area contributed by atoms with E-state index < -0.39 is 5.41 Å². The first-order chi connectivity index (χ1) is 11.7. The first kappa shape index (κ1) is 15.3. The lowest BCUT2D eigenvalue weighted by atomic mass is 9.61. The van der Waals surface area contributed by atoms with Gasteiger partial charge in [-0.3, -0.25) is 9.69 Å². The van der Waals surface area contributed by atoms with Crippen LogP contribution in [0, 0.1) is 11.3 Å². The monoisotopic (exact) mass is 343 g/mol. The summed E-state index contributed by atoms with van der Waals surface area (Å²) in [7, 11) is 0. The van der Waals surface area contributed by atoms with E-state index in [9.17, 15) is 4.79 Å². The number of carbonyl (C=O) groups is 1. The minimum atomic E-state index is -0.513. The molecule has 0 aromatic heterocycles. The molecule has 4 atom stereocenters. The number of carbonyl (C=O) groups excluding carboxylic acids is 1. The summed E-state index contributed by atoms with van der Waals surface area (Å²) in [6.07, 6.45) is 13.6. The molecule has 4 heteroatoms. The molecular formula is C20H25NO2S.